The van der Waals surface area contributed by atoms with Gasteiger partial charge in [-0.3, -0.25) is 0 Å². The van der Waals surface area contributed by atoms with Gasteiger partial charge in [-0.2, -0.15) is 0 Å². The molecule has 3 aromatic carbocycles. The van der Waals surface area contributed by atoms with Gasteiger partial charge in [-0.05, 0) is 29.8 Å². The molecule has 0 spiro atoms. The van der Waals surface area contributed by atoms with E-state index in [1.807, 2.05) is 0 Å². The van der Waals surface area contributed by atoms with Crippen LogP contribution in [0.3, 0.4) is 0 Å². The Labute approximate surface area is 186 Å². The minimum atomic E-state index is -2.48. The van der Waals surface area contributed by atoms with E-state index in [0.717, 1.165) is 42.7 Å². The van der Waals surface area contributed by atoms with Crippen LogP contribution in [0.25, 0.3) is 5.57 Å². The third kappa shape index (κ3) is 4.71. The summed E-state index contributed by atoms with van der Waals surface area (Å²) in [6.45, 7) is -0.383. The van der Waals surface area contributed by atoms with Crippen molar-refractivity contribution in [2.75, 3.05) is 6.61 Å². The second-order valence-electron chi connectivity index (χ2n) is 6.56. The SMILES string of the molecule is O=C(OCC(=CO)c1ccccc1)C(O)(c1ccc(F)c(Cl)c1)c1ccc(F)c(Cl)c1. The first-order chi connectivity index (χ1) is 14.8. The topological polar surface area (TPSA) is 66.8 Å². The molecule has 0 amide bonds. The fourth-order valence-corrected chi connectivity index (χ4v) is 3.30. The molecule has 0 saturated heterocycles. The van der Waals surface area contributed by atoms with Crippen molar-refractivity contribution in [1.82, 2.24) is 0 Å². The van der Waals surface area contributed by atoms with E-state index in [4.69, 9.17) is 27.9 Å². The summed E-state index contributed by atoms with van der Waals surface area (Å²) >= 11 is 11.7. The summed E-state index contributed by atoms with van der Waals surface area (Å²) in [5.74, 6) is -2.67. The fourth-order valence-electron chi connectivity index (χ4n) is 2.94. The third-order valence-electron chi connectivity index (χ3n) is 4.63. The van der Waals surface area contributed by atoms with E-state index in [0.29, 0.717) is 5.56 Å². The number of benzene rings is 3. The molecule has 0 aliphatic carbocycles. The Hall–Kier alpha value is -2.93. The van der Waals surface area contributed by atoms with E-state index in [-0.39, 0.29) is 33.4 Å². The maximum Gasteiger partial charge on any atom is 0.348 e. The van der Waals surface area contributed by atoms with E-state index < -0.39 is 23.2 Å². The van der Waals surface area contributed by atoms with Crippen molar-refractivity contribution in [1.29, 1.82) is 0 Å². The zero-order valence-electron chi connectivity index (χ0n) is 15.9. The number of aliphatic hydroxyl groups excluding tert-OH is 1. The number of ether oxygens (including phenoxy) is 1. The van der Waals surface area contributed by atoms with E-state index in [9.17, 15) is 23.8 Å². The number of hydrogen-bond donors (Lipinski definition) is 2. The van der Waals surface area contributed by atoms with Crippen molar-refractivity contribution >= 4 is 34.7 Å². The summed E-state index contributed by atoms with van der Waals surface area (Å²) in [5, 5.41) is 20.2. The maximum absolute atomic E-state index is 13.7. The molecule has 0 aliphatic rings. The van der Waals surface area contributed by atoms with Gasteiger partial charge in [0.05, 0.1) is 16.3 Å². The van der Waals surface area contributed by atoms with Gasteiger partial charge in [0.15, 0.2) is 0 Å². The van der Waals surface area contributed by atoms with Crippen LogP contribution in [-0.4, -0.2) is 22.8 Å². The Balaban J connectivity index is 2.00. The second kappa shape index (κ2) is 9.47. The summed E-state index contributed by atoms with van der Waals surface area (Å²) in [5.41, 5.74) is -1.84. The van der Waals surface area contributed by atoms with E-state index in [1.165, 1.54) is 0 Å². The zero-order chi connectivity index (χ0) is 22.6. The molecule has 0 bridgehead atoms. The third-order valence-corrected chi connectivity index (χ3v) is 5.21. The molecule has 2 N–H and O–H groups in total. The Morgan fingerprint density at radius 1 is 0.935 bits per heavy atom. The van der Waals surface area contributed by atoms with Crippen LogP contribution < -0.4 is 0 Å². The molecule has 0 fully saturated rings. The molecule has 3 aromatic rings. The molecular formula is C23H16Cl2F2O4. The molecule has 0 aliphatic heterocycles. The van der Waals surface area contributed by atoms with Crippen molar-refractivity contribution in [3.8, 4) is 0 Å². The van der Waals surface area contributed by atoms with Crippen LogP contribution in [0, 0.1) is 11.6 Å². The lowest BCUT2D eigenvalue weighted by atomic mass is 9.86. The molecule has 0 radical (unpaired) electrons. The van der Waals surface area contributed by atoms with Crippen molar-refractivity contribution in [3.05, 3.63) is 111 Å². The van der Waals surface area contributed by atoms with Gasteiger partial charge < -0.3 is 14.9 Å². The maximum atomic E-state index is 13.7. The summed E-state index contributed by atoms with van der Waals surface area (Å²) in [7, 11) is 0. The molecule has 160 valence electrons. The van der Waals surface area contributed by atoms with E-state index in [1.54, 1.807) is 30.3 Å². The summed E-state index contributed by atoms with van der Waals surface area (Å²) in [6, 6.07) is 15.0. The van der Waals surface area contributed by atoms with Gasteiger partial charge in [0.2, 0.25) is 5.60 Å². The molecule has 31 heavy (non-hydrogen) atoms. The van der Waals surface area contributed by atoms with Gasteiger partial charge in [-0.15, -0.1) is 0 Å². The van der Waals surface area contributed by atoms with E-state index >= 15 is 0 Å². The van der Waals surface area contributed by atoms with Crippen LogP contribution in [0.5, 0.6) is 0 Å². The highest BCUT2D eigenvalue weighted by molar-refractivity contribution is 6.31. The van der Waals surface area contributed by atoms with Crippen LogP contribution in [0.4, 0.5) is 8.78 Å². The molecule has 4 nitrogen and oxygen atoms in total. The Kier molecular flexibility index (Phi) is 6.95. The zero-order valence-corrected chi connectivity index (χ0v) is 17.4. The molecule has 8 heteroatoms. The quantitative estimate of drug-likeness (QED) is 0.365. The lowest BCUT2D eigenvalue weighted by Crippen LogP contribution is -2.39. The largest absolute Gasteiger partial charge is 0.515 e. The first-order valence-corrected chi connectivity index (χ1v) is 9.72. The monoisotopic (exact) mass is 464 g/mol. The Morgan fingerprint density at radius 2 is 1.45 bits per heavy atom. The van der Waals surface area contributed by atoms with Gasteiger partial charge in [-0.25, -0.2) is 13.6 Å². The number of halogens is 4. The van der Waals surface area contributed by atoms with Crippen LogP contribution in [0.1, 0.15) is 16.7 Å². The van der Waals surface area contributed by atoms with Gasteiger partial charge in [0, 0.05) is 16.7 Å². The van der Waals surface area contributed by atoms with Crippen LogP contribution in [-0.2, 0) is 15.1 Å². The molecule has 0 unspecified atom stereocenters. The standard InChI is InChI=1S/C23H16Cl2F2O4/c24-18-10-16(6-8-20(18)26)23(30,17-7-9-21(27)19(25)11-17)22(29)31-13-15(12-28)14-4-2-1-3-5-14/h1-12,28,30H,13H2. The summed E-state index contributed by atoms with van der Waals surface area (Å²) in [6.07, 6.45) is 0.783. The number of esters is 1. The minimum absolute atomic E-state index is 0.110. The Bertz CT molecular complexity index is 1080. The molecular weight excluding hydrogens is 449 g/mol. The van der Waals surface area contributed by atoms with Crippen molar-refractivity contribution in [2.45, 2.75) is 5.60 Å². The first kappa shape index (κ1) is 22.7. The first-order valence-electron chi connectivity index (χ1n) is 8.96. The molecule has 3 rings (SSSR count). The van der Waals surface area contributed by atoms with Crippen LogP contribution in [0.15, 0.2) is 73.0 Å². The number of carbonyl (C=O) groups is 1. The molecule has 0 heterocycles. The smallest absolute Gasteiger partial charge is 0.348 e. The lowest BCUT2D eigenvalue weighted by Gasteiger charge is -2.27. The second-order valence-corrected chi connectivity index (χ2v) is 7.38. The summed E-state index contributed by atoms with van der Waals surface area (Å²) < 4.78 is 32.6. The summed E-state index contributed by atoms with van der Waals surface area (Å²) in [4.78, 5) is 13.1. The number of hydrogen-bond acceptors (Lipinski definition) is 4. The Morgan fingerprint density at radius 3 is 1.90 bits per heavy atom. The normalized spacial score (nSPS) is 12.0. The van der Waals surface area contributed by atoms with Gasteiger partial charge in [0.1, 0.15) is 18.2 Å². The van der Waals surface area contributed by atoms with Gasteiger partial charge in [-0.1, -0.05) is 65.7 Å². The van der Waals surface area contributed by atoms with Crippen molar-refractivity contribution in [3.63, 3.8) is 0 Å². The van der Waals surface area contributed by atoms with Gasteiger partial charge >= 0.3 is 5.97 Å². The average Bonchev–Trinajstić information content (AvgIpc) is 2.78. The number of carbonyl (C=O) groups excluding carboxylic acids is 1. The lowest BCUT2D eigenvalue weighted by molar-refractivity contribution is -0.160. The van der Waals surface area contributed by atoms with Gasteiger partial charge in [0.25, 0.3) is 0 Å². The number of aliphatic hydroxyl groups is 2. The van der Waals surface area contributed by atoms with Crippen molar-refractivity contribution < 1.29 is 28.5 Å². The van der Waals surface area contributed by atoms with Crippen LogP contribution >= 0.6 is 23.2 Å². The number of rotatable bonds is 6. The predicted octanol–water partition coefficient (Wildman–Crippen LogP) is 5.65. The molecule has 0 aromatic heterocycles. The highest BCUT2D eigenvalue weighted by atomic mass is 35.5. The average molecular weight is 465 g/mol. The van der Waals surface area contributed by atoms with E-state index in [2.05, 4.69) is 0 Å². The van der Waals surface area contributed by atoms with Crippen LogP contribution in [0.2, 0.25) is 10.0 Å². The predicted molar refractivity (Wildman–Crippen MR) is 114 cm³/mol. The highest BCUT2D eigenvalue weighted by Gasteiger charge is 2.42. The van der Waals surface area contributed by atoms with Crippen molar-refractivity contribution in [2.24, 2.45) is 0 Å². The minimum Gasteiger partial charge on any atom is -0.515 e. The molecule has 0 saturated carbocycles. The highest BCUT2D eigenvalue weighted by Crippen LogP contribution is 2.35. The molecule has 0 atom stereocenters. The fraction of sp³-hybridized carbons (Fsp3) is 0.0870.